The van der Waals surface area contributed by atoms with Gasteiger partial charge in [0, 0.05) is 23.4 Å². The first-order valence-corrected chi connectivity index (χ1v) is 11.7. The highest BCUT2D eigenvalue weighted by Crippen LogP contribution is 2.31. The number of esters is 1. The zero-order valence-electron chi connectivity index (χ0n) is 18.9. The highest BCUT2D eigenvalue weighted by atomic mass is 79.9. The Kier molecular flexibility index (Phi) is 9.54. The van der Waals surface area contributed by atoms with E-state index in [4.69, 9.17) is 9.47 Å². The number of nitrogens with one attached hydrogen (secondary N) is 1. The number of methoxy groups -OCH3 is 1. The number of Topliss-reactive ketones (excluding diaryl/α,β-unsaturated/α-hetero) is 1. The summed E-state index contributed by atoms with van der Waals surface area (Å²) in [5.74, 6) is -0.367. The summed E-state index contributed by atoms with van der Waals surface area (Å²) in [6, 6.07) is 7.76. The lowest BCUT2D eigenvalue weighted by Gasteiger charge is -2.29. The second-order valence-corrected chi connectivity index (χ2v) is 10.2. The van der Waals surface area contributed by atoms with E-state index in [9.17, 15) is 14.4 Å². The first kappa shape index (κ1) is 25.4. The van der Waals surface area contributed by atoms with E-state index < -0.39 is 17.6 Å². The number of amides is 1. The van der Waals surface area contributed by atoms with Gasteiger partial charge in [-0.15, -0.1) is 0 Å². The number of carbonyl (C=O) groups excluding carboxylic acids is 3. The second kappa shape index (κ2) is 11.7. The molecule has 0 unspecified atom stereocenters. The fourth-order valence-corrected chi connectivity index (χ4v) is 4.21. The summed E-state index contributed by atoms with van der Waals surface area (Å²) in [4.78, 5) is 37.0. The average Bonchev–Trinajstić information content (AvgIpc) is 2.71. The quantitative estimate of drug-likeness (QED) is 0.509. The van der Waals surface area contributed by atoms with Crippen molar-refractivity contribution < 1.29 is 23.9 Å². The molecule has 0 bridgehead atoms. The molecule has 2 rings (SSSR count). The van der Waals surface area contributed by atoms with E-state index in [2.05, 4.69) is 21.2 Å². The molecule has 0 radical (unpaired) electrons. The van der Waals surface area contributed by atoms with Gasteiger partial charge >= 0.3 is 12.1 Å². The van der Waals surface area contributed by atoms with Gasteiger partial charge in [0.05, 0.1) is 13.0 Å². The van der Waals surface area contributed by atoms with Crippen LogP contribution in [0.4, 0.5) is 4.79 Å². The van der Waals surface area contributed by atoms with Gasteiger partial charge in [0.2, 0.25) is 0 Å². The number of rotatable bonds is 8. The molecule has 1 saturated carbocycles. The molecule has 0 heterocycles. The number of ether oxygens (including phenoxy) is 2. The number of alkyl carbamates (subject to hydrolysis) is 1. The molecule has 1 N–H and O–H groups in total. The number of benzene rings is 1. The molecule has 1 aliphatic carbocycles. The van der Waals surface area contributed by atoms with E-state index in [1.807, 2.05) is 45.0 Å². The topological polar surface area (TPSA) is 81.7 Å². The summed E-state index contributed by atoms with van der Waals surface area (Å²) in [7, 11) is 1.37. The van der Waals surface area contributed by atoms with E-state index in [1.165, 1.54) is 7.11 Å². The van der Waals surface area contributed by atoms with Crippen molar-refractivity contribution in [2.45, 2.75) is 64.9 Å². The zero-order valence-corrected chi connectivity index (χ0v) is 20.5. The molecule has 7 heteroatoms. The largest absolute Gasteiger partial charge is 0.469 e. The van der Waals surface area contributed by atoms with Crippen molar-refractivity contribution in [3.8, 4) is 0 Å². The smallest absolute Gasteiger partial charge is 0.407 e. The number of hydrogen-bond donors (Lipinski definition) is 1. The summed E-state index contributed by atoms with van der Waals surface area (Å²) < 4.78 is 11.2. The minimum absolute atomic E-state index is 0.0325. The second-order valence-electron chi connectivity index (χ2n) is 9.32. The Hall–Kier alpha value is -1.89. The van der Waals surface area contributed by atoms with Crippen LogP contribution in [0.1, 0.15) is 58.4 Å². The Morgan fingerprint density at radius 1 is 1.10 bits per heavy atom. The lowest BCUT2D eigenvalue weighted by molar-refractivity contribution is -0.147. The lowest BCUT2D eigenvalue weighted by atomic mass is 9.78. The first-order valence-electron chi connectivity index (χ1n) is 10.9. The predicted molar refractivity (Wildman–Crippen MR) is 123 cm³/mol. The first-order chi connectivity index (χ1) is 14.6. The van der Waals surface area contributed by atoms with Crippen LogP contribution in [0.2, 0.25) is 0 Å². The van der Waals surface area contributed by atoms with Crippen molar-refractivity contribution in [2.24, 2.45) is 17.8 Å². The minimum Gasteiger partial charge on any atom is -0.469 e. The van der Waals surface area contributed by atoms with Gasteiger partial charge in [-0.2, -0.15) is 0 Å². The van der Waals surface area contributed by atoms with Gasteiger partial charge in [0.25, 0.3) is 0 Å². The lowest BCUT2D eigenvalue weighted by Crippen LogP contribution is -2.36. The number of hydrogen-bond acceptors (Lipinski definition) is 5. The summed E-state index contributed by atoms with van der Waals surface area (Å²) in [6.45, 7) is 6.06. The van der Waals surface area contributed by atoms with Gasteiger partial charge in [-0.1, -0.05) is 28.1 Å². The van der Waals surface area contributed by atoms with Gasteiger partial charge in [-0.05, 0) is 76.5 Å². The summed E-state index contributed by atoms with van der Waals surface area (Å²) in [5, 5.41) is 2.83. The molecule has 172 valence electrons. The Morgan fingerprint density at radius 3 is 2.26 bits per heavy atom. The van der Waals surface area contributed by atoms with E-state index in [1.54, 1.807) is 0 Å². The maximum Gasteiger partial charge on any atom is 0.407 e. The van der Waals surface area contributed by atoms with Crippen LogP contribution in [0.3, 0.4) is 0 Å². The Balaban J connectivity index is 1.82. The monoisotopic (exact) mass is 495 g/mol. The SMILES string of the molecule is COC(=O)[C@@H](CC(=O)C1CCC(CNC(=O)OC(C)(C)C)CC1)Cc1ccc(Br)cc1. The van der Waals surface area contributed by atoms with E-state index >= 15 is 0 Å². The van der Waals surface area contributed by atoms with Crippen LogP contribution in [-0.2, 0) is 25.5 Å². The molecule has 1 aromatic carbocycles. The molecule has 0 aromatic heterocycles. The van der Waals surface area contributed by atoms with Crippen LogP contribution < -0.4 is 5.32 Å². The van der Waals surface area contributed by atoms with Crippen LogP contribution in [0.15, 0.2) is 28.7 Å². The van der Waals surface area contributed by atoms with Crippen molar-refractivity contribution in [1.82, 2.24) is 5.32 Å². The van der Waals surface area contributed by atoms with Crippen LogP contribution in [-0.4, -0.2) is 37.1 Å². The molecule has 6 nitrogen and oxygen atoms in total. The Morgan fingerprint density at radius 2 is 1.71 bits per heavy atom. The van der Waals surface area contributed by atoms with Gasteiger partial charge in [-0.25, -0.2) is 4.79 Å². The number of halogens is 1. The molecular weight excluding hydrogens is 462 g/mol. The van der Waals surface area contributed by atoms with Crippen molar-refractivity contribution in [3.05, 3.63) is 34.3 Å². The van der Waals surface area contributed by atoms with Crippen LogP contribution in [0, 0.1) is 17.8 Å². The summed E-state index contributed by atoms with van der Waals surface area (Å²) in [5.41, 5.74) is 0.490. The third kappa shape index (κ3) is 9.01. The van der Waals surface area contributed by atoms with E-state index in [0.29, 0.717) is 18.9 Å². The molecule has 1 aromatic rings. The maximum atomic E-state index is 12.9. The molecule has 0 aliphatic heterocycles. The standard InChI is InChI=1S/C24H34BrNO5/c1-24(2,3)31-23(29)26-15-17-5-9-18(10-6-17)21(27)14-19(22(28)30-4)13-16-7-11-20(25)12-8-16/h7-8,11-12,17-19H,5-6,9-10,13-15H2,1-4H3,(H,26,29)/t17?,18?,19-/m1/s1. The minimum atomic E-state index is -0.513. The molecule has 1 aliphatic rings. The zero-order chi connectivity index (χ0) is 23.0. The number of ketones is 1. The Bertz CT molecular complexity index is 748. The van der Waals surface area contributed by atoms with Gasteiger partial charge < -0.3 is 14.8 Å². The summed E-state index contributed by atoms with van der Waals surface area (Å²) >= 11 is 3.41. The molecule has 0 spiro atoms. The molecule has 0 saturated heterocycles. The van der Waals surface area contributed by atoms with Crippen molar-refractivity contribution in [2.75, 3.05) is 13.7 Å². The molecular formula is C24H34BrNO5. The van der Waals surface area contributed by atoms with E-state index in [-0.39, 0.29) is 24.1 Å². The average molecular weight is 496 g/mol. The van der Waals surface area contributed by atoms with Gasteiger partial charge in [0.1, 0.15) is 11.4 Å². The Labute approximate surface area is 193 Å². The summed E-state index contributed by atoms with van der Waals surface area (Å²) in [6.07, 6.45) is 3.61. The van der Waals surface area contributed by atoms with Crippen molar-refractivity contribution >= 4 is 33.8 Å². The van der Waals surface area contributed by atoms with Gasteiger partial charge in [-0.3, -0.25) is 9.59 Å². The maximum absolute atomic E-state index is 12.9. The van der Waals surface area contributed by atoms with Crippen molar-refractivity contribution in [1.29, 1.82) is 0 Å². The predicted octanol–water partition coefficient (Wildman–Crippen LogP) is 5.07. The molecule has 1 fully saturated rings. The fraction of sp³-hybridized carbons (Fsp3) is 0.625. The van der Waals surface area contributed by atoms with E-state index in [0.717, 1.165) is 35.7 Å². The van der Waals surface area contributed by atoms with Crippen LogP contribution in [0.25, 0.3) is 0 Å². The fourth-order valence-electron chi connectivity index (χ4n) is 3.95. The normalized spacial score (nSPS) is 19.9. The molecule has 1 atom stereocenters. The molecule has 31 heavy (non-hydrogen) atoms. The van der Waals surface area contributed by atoms with Crippen LogP contribution in [0.5, 0.6) is 0 Å². The molecule has 1 amide bonds. The van der Waals surface area contributed by atoms with Gasteiger partial charge in [0.15, 0.2) is 0 Å². The highest BCUT2D eigenvalue weighted by molar-refractivity contribution is 9.10. The van der Waals surface area contributed by atoms with Crippen molar-refractivity contribution in [3.63, 3.8) is 0 Å². The van der Waals surface area contributed by atoms with Crippen LogP contribution >= 0.6 is 15.9 Å². The third-order valence-corrected chi connectivity index (χ3v) is 6.14. The number of carbonyl (C=O) groups is 3. The third-order valence-electron chi connectivity index (χ3n) is 5.61. The highest BCUT2D eigenvalue weighted by Gasteiger charge is 2.31.